The molecule has 6 nitrogen and oxygen atoms in total. The number of ether oxygens (including phenoxy) is 3. The zero-order chi connectivity index (χ0) is 57.8. The summed E-state index contributed by atoms with van der Waals surface area (Å²) in [6, 6.07) is 0. The van der Waals surface area contributed by atoms with E-state index in [1.165, 1.54) is 225 Å². The van der Waals surface area contributed by atoms with Gasteiger partial charge in [-0.05, 0) is 89.9 Å². The standard InChI is InChI=1S/C74H132O6/c1-4-7-10-13-16-19-22-25-28-31-34-35-36-37-38-39-41-43-46-49-52-55-58-61-64-67-73(76)79-70-71(69-78-72(75)66-63-60-57-54-51-48-45-42-33-30-27-24-21-18-15-12-9-6-3)80-74(77)68-65-62-59-56-53-50-47-44-40-32-29-26-23-20-17-14-11-8-5-2/h8,11,17,20,26,29,31,34,40,44,50,53,71H,4-7,9-10,12-16,18-19,21-25,27-28,30,32-33,35-39,41-43,45-49,51-52,54-70H2,1-3H3/b11-8-,20-17-,29-26-,34-31-,44-40-,53-50-. The molecule has 0 N–H and O–H groups in total. The van der Waals surface area contributed by atoms with Crippen LogP contribution >= 0.6 is 0 Å². The molecule has 0 heterocycles. The predicted molar refractivity (Wildman–Crippen MR) is 348 cm³/mol. The molecule has 0 saturated heterocycles. The van der Waals surface area contributed by atoms with Gasteiger partial charge in [-0.15, -0.1) is 0 Å². The molecule has 0 bridgehead atoms. The van der Waals surface area contributed by atoms with E-state index in [0.29, 0.717) is 19.3 Å². The van der Waals surface area contributed by atoms with Gasteiger partial charge >= 0.3 is 17.9 Å². The van der Waals surface area contributed by atoms with Gasteiger partial charge in [-0.2, -0.15) is 0 Å². The summed E-state index contributed by atoms with van der Waals surface area (Å²) in [6.07, 6.45) is 89.3. The first-order valence-corrected chi connectivity index (χ1v) is 34.9. The Balaban J connectivity index is 4.35. The van der Waals surface area contributed by atoms with Crippen LogP contribution in [0.5, 0.6) is 0 Å². The van der Waals surface area contributed by atoms with Gasteiger partial charge in [0.1, 0.15) is 13.2 Å². The topological polar surface area (TPSA) is 78.9 Å². The predicted octanol–water partition coefficient (Wildman–Crippen LogP) is 24.1. The molecule has 464 valence electrons. The fourth-order valence-electron chi connectivity index (χ4n) is 10.2. The van der Waals surface area contributed by atoms with Crippen molar-refractivity contribution in [1.29, 1.82) is 0 Å². The first kappa shape index (κ1) is 76.9. The molecule has 0 aromatic rings. The van der Waals surface area contributed by atoms with Crippen LogP contribution in [0.15, 0.2) is 72.9 Å². The zero-order valence-electron chi connectivity index (χ0n) is 53.3. The fraction of sp³-hybridized carbons (Fsp3) is 0.797. The quantitative estimate of drug-likeness (QED) is 0.0261. The van der Waals surface area contributed by atoms with E-state index in [4.69, 9.17) is 14.2 Å². The summed E-state index contributed by atoms with van der Waals surface area (Å²) in [5.74, 6) is -0.896. The molecule has 6 heteroatoms. The molecular formula is C74H132O6. The van der Waals surface area contributed by atoms with Crippen molar-refractivity contribution in [3.63, 3.8) is 0 Å². The van der Waals surface area contributed by atoms with E-state index in [9.17, 15) is 14.4 Å². The summed E-state index contributed by atoms with van der Waals surface area (Å²) in [5.41, 5.74) is 0. The Bertz CT molecular complexity index is 1470. The fourth-order valence-corrected chi connectivity index (χ4v) is 10.2. The van der Waals surface area contributed by atoms with Crippen LogP contribution < -0.4 is 0 Å². The van der Waals surface area contributed by atoms with Gasteiger partial charge in [-0.25, -0.2) is 0 Å². The molecule has 0 rings (SSSR count). The van der Waals surface area contributed by atoms with Gasteiger partial charge in [-0.1, -0.05) is 325 Å². The maximum absolute atomic E-state index is 12.9. The Kier molecular flexibility index (Phi) is 65.7. The normalized spacial score (nSPS) is 12.5. The summed E-state index contributed by atoms with van der Waals surface area (Å²) < 4.78 is 17.0. The van der Waals surface area contributed by atoms with E-state index in [-0.39, 0.29) is 31.1 Å². The molecule has 1 atom stereocenters. The largest absolute Gasteiger partial charge is 0.462 e. The highest BCUT2D eigenvalue weighted by Gasteiger charge is 2.19. The lowest BCUT2D eigenvalue weighted by molar-refractivity contribution is -0.167. The van der Waals surface area contributed by atoms with Crippen molar-refractivity contribution in [1.82, 2.24) is 0 Å². The van der Waals surface area contributed by atoms with Crippen LogP contribution in [-0.2, 0) is 28.6 Å². The van der Waals surface area contributed by atoms with Gasteiger partial charge in [0, 0.05) is 19.3 Å². The minimum absolute atomic E-state index is 0.0850. The minimum Gasteiger partial charge on any atom is -0.462 e. The second-order valence-electron chi connectivity index (χ2n) is 23.4. The Morgan fingerprint density at radius 3 is 0.787 bits per heavy atom. The van der Waals surface area contributed by atoms with Gasteiger partial charge in [0.25, 0.3) is 0 Å². The van der Waals surface area contributed by atoms with Crippen LogP contribution in [-0.4, -0.2) is 37.2 Å². The van der Waals surface area contributed by atoms with Crippen molar-refractivity contribution in [2.75, 3.05) is 13.2 Å². The van der Waals surface area contributed by atoms with E-state index < -0.39 is 6.10 Å². The molecule has 0 spiro atoms. The maximum Gasteiger partial charge on any atom is 0.306 e. The molecule has 0 aromatic carbocycles. The lowest BCUT2D eigenvalue weighted by Gasteiger charge is -2.18. The molecule has 0 amide bonds. The number of hydrogen-bond donors (Lipinski definition) is 0. The Hall–Kier alpha value is -3.15. The molecule has 0 saturated carbocycles. The Morgan fingerprint density at radius 2 is 0.487 bits per heavy atom. The number of hydrogen-bond acceptors (Lipinski definition) is 6. The van der Waals surface area contributed by atoms with Crippen molar-refractivity contribution < 1.29 is 28.6 Å². The number of allylic oxidation sites excluding steroid dienone is 12. The monoisotopic (exact) mass is 1120 g/mol. The number of esters is 3. The highest BCUT2D eigenvalue weighted by Crippen LogP contribution is 2.18. The van der Waals surface area contributed by atoms with Crippen molar-refractivity contribution in [3.05, 3.63) is 72.9 Å². The smallest absolute Gasteiger partial charge is 0.306 e. The van der Waals surface area contributed by atoms with Crippen LogP contribution in [0.2, 0.25) is 0 Å². The molecule has 0 aliphatic carbocycles. The Labute approximate surface area is 497 Å². The van der Waals surface area contributed by atoms with Crippen LogP contribution in [0.4, 0.5) is 0 Å². The van der Waals surface area contributed by atoms with E-state index in [2.05, 4.69) is 93.7 Å². The van der Waals surface area contributed by atoms with Crippen molar-refractivity contribution >= 4 is 17.9 Å². The molecule has 1 unspecified atom stereocenters. The SMILES string of the molecule is CC/C=C\C/C=C\C/C=C\C/C=C\C/C=C\CCCCCC(=O)OC(COC(=O)CCCCCCCCCCCCCCC/C=C\CCCCCCCCCC)COC(=O)CCCCCCCCCCCCCCCCCCCC. The molecule has 0 radical (unpaired) electrons. The average molecular weight is 1120 g/mol. The summed E-state index contributed by atoms with van der Waals surface area (Å²) in [5, 5.41) is 0. The van der Waals surface area contributed by atoms with E-state index >= 15 is 0 Å². The third-order valence-electron chi connectivity index (χ3n) is 15.4. The lowest BCUT2D eigenvalue weighted by atomic mass is 10.0. The summed E-state index contributed by atoms with van der Waals surface area (Å²) in [4.78, 5) is 38.4. The molecule has 0 aromatic heterocycles. The first-order chi connectivity index (χ1) is 39.5. The molecule has 0 aliphatic rings. The molecule has 0 aliphatic heterocycles. The zero-order valence-corrected chi connectivity index (χ0v) is 53.3. The highest BCUT2D eigenvalue weighted by molar-refractivity contribution is 5.71. The second kappa shape index (κ2) is 68.3. The maximum atomic E-state index is 12.9. The number of carbonyl (C=O) groups is 3. The van der Waals surface area contributed by atoms with Gasteiger partial charge in [-0.3, -0.25) is 14.4 Å². The summed E-state index contributed by atoms with van der Waals surface area (Å²) in [7, 11) is 0. The summed E-state index contributed by atoms with van der Waals surface area (Å²) in [6.45, 7) is 6.56. The third-order valence-corrected chi connectivity index (χ3v) is 15.4. The average Bonchev–Trinajstić information content (AvgIpc) is 3.46. The van der Waals surface area contributed by atoms with Crippen LogP contribution in [0.1, 0.15) is 361 Å². The van der Waals surface area contributed by atoms with E-state index in [1.807, 2.05) is 0 Å². The Morgan fingerprint density at radius 1 is 0.263 bits per heavy atom. The number of unbranched alkanes of at least 4 members (excludes halogenated alkanes) is 41. The lowest BCUT2D eigenvalue weighted by Crippen LogP contribution is -2.30. The summed E-state index contributed by atoms with van der Waals surface area (Å²) >= 11 is 0. The van der Waals surface area contributed by atoms with Crippen LogP contribution in [0.25, 0.3) is 0 Å². The number of rotatable bonds is 64. The van der Waals surface area contributed by atoms with Crippen LogP contribution in [0, 0.1) is 0 Å². The first-order valence-electron chi connectivity index (χ1n) is 34.9. The minimum atomic E-state index is -0.793. The highest BCUT2D eigenvalue weighted by atomic mass is 16.6. The second-order valence-corrected chi connectivity index (χ2v) is 23.4. The molecule has 0 fully saturated rings. The molecular weight excluding hydrogens is 985 g/mol. The van der Waals surface area contributed by atoms with Crippen molar-refractivity contribution in [3.8, 4) is 0 Å². The third kappa shape index (κ3) is 65.7. The van der Waals surface area contributed by atoms with Gasteiger partial charge in [0.15, 0.2) is 6.10 Å². The molecule has 80 heavy (non-hydrogen) atoms. The van der Waals surface area contributed by atoms with Gasteiger partial charge in [0.2, 0.25) is 0 Å². The van der Waals surface area contributed by atoms with Gasteiger partial charge in [0.05, 0.1) is 0 Å². The van der Waals surface area contributed by atoms with Gasteiger partial charge < -0.3 is 14.2 Å². The van der Waals surface area contributed by atoms with Crippen molar-refractivity contribution in [2.24, 2.45) is 0 Å². The van der Waals surface area contributed by atoms with E-state index in [0.717, 1.165) is 96.3 Å². The van der Waals surface area contributed by atoms with Crippen LogP contribution in [0.3, 0.4) is 0 Å². The van der Waals surface area contributed by atoms with E-state index in [1.54, 1.807) is 0 Å². The van der Waals surface area contributed by atoms with Crippen molar-refractivity contribution in [2.45, 2.75) is 367 Å². The number of carbonyl (C=O) groups excluding carboxylic acids is 3.